The van der Waals surface area contributed by atoms with Crippen LogP contribution >= 0.6 is 0 Å². The molecule has 7 atom stereocenters. The summed E-state index contributed by atoms with van der Waals surface area (Å²) in [6.07, 6.45) is 5.66. The van der Waals surface area contributed by atoms with Gasteiger partial charge in [-0.1, -0.05) is 82.1 Å². The van der Waals surface area contributed by atoms with Gasteiger partial charge in [0.15, 0.2) is 11.6 Å². The molecule has 0 aliphatic heterocycles. The molecule has 0 spiro atoms. The number of H-pyrrole nitrogens is 1. The average molecular weight is 1220 g/mol. The summed E-state index contributed by atoms with van der Waals surface area (Å²) in [6, 6.07) is 10.1. The van der Waals surface area contributed by atoms with Crippen LogP contribution in [0.25, 0.3) is 10.9 Å². The van der Waals surface area contributed by atoms with E-state index < -0.39 is 125 Å². The van der Waals surface area contributed by atoms with Gasteiger partial charge in [-0.05, 0) is 73.9 Å². The lowest BCUT2D eigenvalue weighted by Crippen LogP contribution is -2.58. The van der Waals surface area contributed by atoms with Gasteiger partial charge < -0.3 is 68.9 Å². The second kappa shape index (κ2) is 34.6. The number of fused-ring (bicyclic) bond motifs is 1. The monoisotopic (exact) mass is 1220 g/mol. The number of carbonyl (C=O) groups is 11. The fourth-order valence-corrected chi connectivity index (χ4v) is 9.34. The zero-order valence-corrected chi connectivity index (χ0v) is 50.0. The van der Waals surface area contributed by atoms with Gasteiger partial charge in [0.1, 0.15) is 42.3 Å². The number of hydrogen-bond acceptors (Lipinski definition) is 12. The van der Waals surface area contributed by atoms with E-state index in [1.165, 1.54) is 19.4 Å². The van der Waals surface area contributed by atoms with E-state index in [-0.39, 0.29) is 76.4 Å². The maximum atomic E-state index is 14.2. The number of para-hydroxylation sites is 1. The Labute approximate surface area is 508 Å². The number of aromatic nitrogens is 3. The molecular formula is C61H80F2N14O11. The van der Waals surface area contributed by atoms with Crippen molar-refractivity contribution in [2.45, 2.75) is 147 Å². The molecule has 0 bridgehead atoms. The predicted molar refractivity (Wildman–Crippen MR) is 320 cm³/mol. The molecule has 11 amide bonds. The number of nitrogens with zero attached hydrogens (tertiary/aromatic N) is 2. The zero-order valence-electron chi connectivity index (χ0n) is 50.0. The van der Waals surface area contributed by atoms with E-state index in [1.807, 2.05) is 6.92 Å². The first-order valence-corrected chi connectivity index (χ1v) is 29.2. The van der Waals surface area contributed by atoms with Crippen molar-refractivity contribution in [3.05, 3.63) is 126 Å². The molecule has 27 heteroatoms. The van der Waals surface area contributed by atoms with Crippen LogP contribution < -0.4 is 59.3 Å². The molecule has 88 heavy (non-hydrogen) atoms. The molecule has 0 saturated heterocycles. The lowest BCUT2D eigenvalue weighted by molar-refractivity contribution is -0.135. The molecule has 2 aromatic heterocycles. The van der Waals surface area contributed by atoms with Crippen molar-refractivity contribution in [1.29, 1.82) is 0 Å². The smallest absolute Gasteiger partial charge is 0.251 e. The van der Waals surface area contributed by atoms with Crippen molar-refractivity contribution < 1.29 is 61.5 Å². The highest BCUT2D eigenvalue weighted by Gasteiger charge is 2.33. The minimum atomic E-state index is -1.38. The lowest BCUT2D eigenvalue weighted by Gasteiger charge is -2.26. The molecule has 5 aromatic rings. The van der Waals surface area contributed by atoms with Gasteiger partial charge in [0.05, 0.1) is 6.33 Å². The normalized spacial score (nSPS) is 13.5. The molecule has 0 fully saturated rings. The summed E-state index contributed by atoms with van der Waals surface area (Å²) in [4.78, 5) is 154. The third-order valence-electron chi connectivity index (χ3n) is 14.4. The van der Waals surface area contributed by atoms with Gasteiger partial charge in [0.25, 0.3) is 5.91 Å². The number of halogens is 2. The Balaban J connectivity index is 1.21. The van der Waals surface area contributed by atoms with Crippen LogP contribution in [0.2, 0.25) is 0 Å². The standard InChI is InChI=1S/C61H80F2N14O11/c1-6-7-18-45(54(65)81)73-59(86)47(28-37-15-9-8-10-16-37)74-60(87)49(31-40-33-66-34-77(40)5)72-52(80)25-27-68-61(88)53(35(2)3)76-55(82)36(4)70-58(85)48(30-39-32-69-44-19-12-11-17-41(39)44)75-57(84)46(23-24-50(64)78)71-51(79)20-13-14-26-67-56(83)38-21-22-42(62)43(63)29-38/h8-12,15-17,19,21-22,29,32-36,45-49,53,69H,6-7,13-14,18,20,23-28,30-31H2,1-5H3,(H2,64,78)(H2,65,81)(H,67,83)(H,68,88)(H,70,85)(H,71,79)(H,72,80)(H,73,86)(H,74,87)(H,75,84)(H,76,82)/t36-,45-,46-,47-,48-,49-,53-/m0/s1/i62-1,63-1. The molecule has 0 aliphatic carbocycles. The molecule has 3 aromatic carbocycles. The van der Waals surface area contributed by atoms with Gasteiger partial charge in [-0.15, -0.1) is 0 Å². The van der Waals surface area contributed by atoms with E-state index in [4.69, 9.17) is 11.5 Å². The van der Waals surface area contributed by atoms with E-state index in [9.17, 15) is 61.5 Å². The van der Waals surface area contributed by atoms with Gasteiger partial charge in [-0.2, -0.15) is 0 Å². The number of carbonyl (C=O) groups excluding carboxylic acids is 11. The van der Waals surface area contributed by atoms with Crippen LogP contribution in [0.15, 0.2) is 91.5 Å². The van der Waals surface area contributed by atoms with E-state index in [0.29, 0.717) is 29.7 Å². The van der Waals surface area contributed by atoms with Gasteiger partial charge in [-0.25, -0.2) is 13.8 Å². The summed E-state index contributed by atoms with van der Waals surface area (Å²) in [7, 11) is 1.70. The van der Waals surface area contributed by atoms with Gasteiger partial charge in [-0.3, -0.25) is 52.7 Å². The molecule has 2 heterocycles. The number of nitrogens with two attached hydrogens (primary N) is 2. The van der Waals surface area contributed by atoms with E-state index in [2.05, 4.69) is 57.8 Å². The van der Waals surface area contributed by atoms with Crippen LogP contribution in [0.1, 0.15) is 113 Å². The van der Waals surface area contributed by atoms with E-state index >= 15 is 0 Å². The first-order valence-electron chi connectivity index (χ1n) is 29.2. The number of unbranched alkanes of at least 4 members (excludes halogenated alkanes) is 2. The fraction of sp³-hybridized carbons (Fsp3) is 0.443. The molecular weight excluding hydrogens is 1140 g/mol. The molecule has 0 aliphatic rings. The molecule has 25 nitrogen and oxygen atoms in total. The zero-order chi connectivity index (χ0) is 64.5. The molecule has 0 saturated carbocycles. The highest BCUT2D eigenvalue weighted by molar-refractivity contribution is 5.98. The molecule has 0 unspecified atom stereocenters. The third kappa shape index (κ3) is 22.1. The topological polar surface area (TPSA) is 382 Å². The molecule has 0 radical (unpaired) electrons. The maximum Gasteiger partial charge on any atom is 0.251 e. The predicted octanol–water partition coefficient (Wildman–Crippen LogP) is 1.32. The van der Waals surface area contributed by atoms with Crippen LogP contribution in [-0.4, -0.2) is 135 Å². The summed E-state index contributed by atoms with van der Waals surface area (Å²) in [5.74, 6) is -10.8. The minimum Gasteiger partial charge on any atom is -0.370 e. The first-order chi connectivity index (χ1) is 41.9. The van der Waals surface area contributed by atoms with Crippen molar-refractivity contribution >= 4 is 75.9 Å². The number of aryl methyl sites for hydroxylation is 1. The Hall–Kier alpha value is -9.56. The van der Waals surface area contributed by atoms with Crippen molar-refractivity contribution in [1.82, 2.24) is 62.4 Å². The number of hydrogen-bond donors (Lipinski definition) is 12. The van der Waals surface area contributed by atoms with Crippen LogP contribution in [0, 0.1) is 17.6 Å². The number of rotatable bonds is 36. The number of imidazole rings is 1. The van der Waals surface area contributed by atoms with Crippen LogP contribution in [0.5, 0.6) is 0 Å². The van der Waals surface area contributed by atoms with Crippen molar-refractivity contribution in [3.63, 3.8) is 0 Å². The second-order valence-corrected chi connectivity index (χ2v) is 21.8. The highest BCUT2D eigenvalue weighted by Crippen LogP contribution is 2.20. The Morgan fingerprint density at radius 2 is 1.22 bits per heavy atom. The van der Waals surface area contributed by atoms with Gasteiger partial charge in [0.2, 0.25) is 59.1 Å². The summed E-state index contributed by atoms with van der Waals surface area (Å²) in [5, 5.41) is 24.6. The summed E-state index contributed by atoms with van der Waals surface area (Å²) in [5.41, 5.74) is 13.5. The molecule has 14 N–H and O–H groups in total. The fourth-order valence-electron chi connectivity index (χ4n) is 9.34. The lowest BCUT2D eigenvalue weighted by atomic mass is 10.0. The third-order valence-corrected chi connectivity index (χ3v) is 14.4. The molecule has 474 valence electrons. The number of benzene rings is 3. The van der Waals surface area contributed by atoms with Crippen LogP contribution in [-0.2, 0) is 74.3 Å². The van der Waals surface area contributed by atoms with Crippen molar-refractivity contribution in [2.24, 2.45) is 24.4 Å². The Morgan fingerprint density at radius 3 is 1.86 bits per heavy atom. The minimum absolute atomic E-state index is 0.0368. The Bertz CT molecular complexity index is 3250. The van der Waals surface area contributed by atoms with Crippen LogP contribution in [0.3, 0.4) is 0 Å². The SMILES string of the molecule is CCCC[C@H](NC(=O)[C@H](Cc1ccccc1)NC(=O)[C@H](Cc1cncn1C)NC(=O)CCNC(=O)[C@@H](NC(=O)[C@H](C)NC(=O)[C@H](Cc1c[nH]c2ccccc12)NC(=O)[C@H](CCC(N)=O)NC(=O)CCCCNC(=O)c1ccc([18F])c([18F])c1)C(C)C)C(N)=O. The number of amides is 11. The summed E-state index contributed by atoms with van der Waals surface area (Å²) in [6.45, 7) is 6.44. The number of nitrogens with one attached hydrogen (secondary N) is 10. The quantitative estimate of drug-likeness (QED) is 0.0253. The van der Waals surface area contributed by atoms with Gasteiger partial charge in [0, 0.05) is 93.2 Å². The highest BCUT2D eigenvalue weighted by atomic mass is 18.2. The largest absolute Gasteiger partial charge is 0.370 e. The van der Waals surface area contributed by atoms with Crippen LogP contribution in [0.4, 0.5) is 8.78 Å². The van der Waals surface area contributed by atoms with Crippen molar-refractivity contribution in [2.75, 3.05) is 13.1 Å². The number of aromatic amines is 1. The van der Waals surface area contributed by atoms with E-state index in [0.717, 1.165) is 35.5 Å². The summed E-state index contributed by atoms with van der Waals surface area (Å²) < 4.78 is 28.6. The van der Waals surface area contributed by atoms with Crippen molar-refractivity contribution in [3.8, 4) is 0 Å². The number of primary amides is 2. The Kier molecular flexibility index (Phi) is 27.2. The van der Waals surface area contributed by atoms with E-state index in [1.54, 1.807) is 86.3 Å². The summed E-state index contributed by atoms with van der Waals surface area (Å²) >= 11 is 0. The maximum absolute atomic E-state index is 14.2. The second-order valence-electron chi connectivity index (χ2n) is 21.8. The Morgan fingerprint density at radius 1 is 0.591 bits per heavy atom. The molecule has 5 rings (SSSR count). The average Bonchev–Trinajstić information content (AvgIpc) is 4.28. The first kappa shape index (κ1) is 69.2. The van der Waals surface area contributed by atoms with Gasteiger partial charge >= 0.3 is 0 Å².